The molecule has 4 aromatic rings. The molecular formula is C22H21FN6O2S2. The number of nitrogens with zero attached hydrogens (tertiary/aromatic N) is 4. The molecule has 0 aliphatic rings. The number of rotatable bonds is 8. The largest absolute Gasteiger partial charge is 0.330 e. The van der Waals surface area contributed by atoms with Crippen LogP contribution >= 0.6 is 23.1 Å². The fourth-order valence-electron chi connectivity index (χ4n) is 3.12. The maximum absolute atomic E-state index is 13.0. The highest BCUT2D eigenvalue weighted by Crippen LogP contribution is 2.28. The van der Waals surface area contributed by atoms with Crippen molar-refractivity contribution in [3.8, 4) is 5.69 Å². The van der Waals surface area contributed by atoms with E-state index in [9.17, 15) is 14.0 Å². The number of nitrogens with one attached hydrogen (secondary N) is 2. The summed E-state index contributed by atoms with van der Waals surface area (Å²) < 4.78 is 17.0. The van der Waals surface area contributed by atoms with E-state index < -0.39 is 0 Å². The van der Waals surface area contributed by atoms with Gasteiger partial charge in [-0.25, -0.2) is 9.07 Å². The van der Waals surface area contributed by atoms with E-state index in [2.05, 4.69) is 20.8 Å². The molecule has 0 bridgehead atoms. The van der Waals surface area contributed by atoms with Crippen molar-refractivity contribution in [1.82, 2.24) is 19.6 Å². The minimum Gasteiger partial charge on any atom is -0.330 e. The molecule has 0 unspecified atom stereocenters. The number of carbonyl (C=O) groups is 1. The number of hydrogen-bond donors (Lipinski definition) is 2. The number of amides is 1. The second kappa shape index (κ2) is 10.0. The molecule has 0 saturated heterocycles. The quantitative estimate of drug-likeness (QED) is 0.362. The van der Waals surface area contributed by atoms with Crippen LogP contribution in [0.25, 0.3) is 5.69 Å². The molecule has 0 fully saturated rings. The van der Waals surface area contributed by atoms with Gasteiger partial charge < -0.3 is 10.6 Å². The minimum atomic E-state index is -0.308. The Morgan fingerprint density at radius 1 is 1.12 bits per heavy atom. The van der Waals surface area contributed by atoms with Crippen LogP contribution in [0.1, 0.15) is 12.1 Å². The Bertz CT molecular complexity index is 1320. The normalized spacial score (nSPS) is 10.9. The van der Waals surface area contributed by atoms with Crippen LogP contribution in [-0.2, 0) is 11.8 Å². The molecular weight excluding hydrogens is 463 g/mol. The topological polar surface area (TPSA) is 93.8 Å². The highest BCUT2D eigenvalue weighted by Gasteiger charge is 2.18. The van der Waals surface area contributed by atoms with Gasteiger partial charge in [0.15, 0.2) is 4.34 Å². The third kappa shape index (κ3) is 5.32. The smallest absolute Gasteiger partial charge is 0.295 e. The Hall–Kier alpha value is -3.44. The molecule has 2 N–H and O–H groups in total. The lowest BCUT2D eigenvalue weighted by Crippen LogP contribution is -2.23. The van der Waals surface area contributed by atoms with Crippen LogP contribution in [-0.4, -0.2) is 31.2 Å². The predicted octanol–water partition coefficient (Wildman–Crippen LogP) is 4.34. The molecule has 33 heavy (non-hydrogen) atoms. The molecule has 0 atom stereocenters. The molecule has 0 aliphatic heterocycles. The standard InChI is InChI=1S/C22H21FN6O2S2/c1-14-19(20(31)29(28(14)2)17-6-4-3-5-7-17)25-18(30)12-13-32-22-27-26-21(33-22)24-16-10-8-15(23)9-11-16/h3-11H,12-13H2,1-2H3,(H,24,26)(H,25,30). The molecule has 4 rings (SSSR count). The van der Waals surface area contributed by atoms with Crippen molar-refractivity contribution in [3.05, 3.63) is 76.5 Å². The molecule has 170 valence electrons. The predicted molar refractivity (Wildman–Crippen MR) is 129 cm³/mol. The van der Waals surface area contributed by atoms with E-state index in [1.165, 1.54) is 39.9 Å². The van der Waals surface area contributed by atoms with Crippen LogP contribution in [0.2, 0.25) is 0 Å². The molecule has 0 spiro atoms. The van der Waals surface area contributed by atoms with Gasteiger partial charge in [-0.2, -0.15) is 0 Å². The molecule has 0 aliphatic carbocycles. The first-order valence-corrected chi connectivity index (χ1v) is 11.9. The summed E-state index contributed by atoms with van der Waals surface area (Å²) in [6.07, 6.45) is 0.212. The van der Waals surface area contributed by atoms with Gasteiger partial charge in [0.1, 0.15) is 11.5 Å². The first kappa shape index (κ1) is 22.7. The van der Waals surface area contributed by atoms with Crippen LogP contribution in [0, 0.1) is 12.7 Å². The third-order valence-corrected chi connectivity index (χ3v) is 6.85. The van der Waals surface area contributed by atoms with Gasteiger partial charge in [-0.05, 0) is 43.3 Å². The molecule has 2 aromatic heterocycles. The highest BCUT2D eigenvalue weighted by atomic mass is 32.2. The monoisotopic (exact) mass is 484 g/mol. The van der Waals surface area contributed by atoms with E-state index in [-0.39, 0.29) is 29.4 Å². The molecule has 2 aromatic carbocycles. The summed E-state index contributed by atoms with van der Waals surface area (Å²) in [7, 11) is 1.78. The first-order valence-electron chi connectivity index (χ1n) is 10.0. The number of para-hydroxylation sites is 1. The molecule has 8 nitrogen and oxygen atoms in total. The maximum atomic E-state index is 13.0. The van der Waals surface area contributed by atoms with Gasteiger partial charge in [-0.15, -0.1) is 10.2 Å². The lowest BCUT2D eigenvalue weighted by molar-refractivity contribution is -0.115. The van der Waals surface area contributed by atoms with Crippen LogP contribution in [0.15, 0.2) is 63.7 Å². The zero-order valence-electron chi connectivity index (χ0n) is 17.9. The van der Waals surface area contributed by atoms with Crippen molar-refractivity contribution in [2.45, 2.75) is 17.7 Å². The van der Waals surface area contributed by atoms with Gasteiger partial charge in [0.25, 0.3) is 5.56 Å². The molecule has 11 heteroatoms. The van der Waals surface area contributed by atoms with E-state index in [0.29, 0.717) is 26.6 Å². The molecule has 1 amide bonds. The summed E-state index contributed by atoms with van der Waals surface area (Å²) in [6, 6.07) is 15.2. The van der Waals surface area contributed by atoms with E-state index in [4.69, 9.17) is 0 Å². The number of halogens is 1. The number of benzene rings is 2. The zero-order valence-corrected chi connectivity index (χ0v) is 19.5. The summed E-state index contributed by atoms with van der Waals surface area (Å²) in [5.74, 6) is -0.0739. The van der Waals surface area contributed by atoms with Crippen LogP contribution < -0.4 is 16.2 Å². The molecule has 0 saturated carbocycles. The van der Waals surface area contributed by atoms with Crippen molar-refractivity contribution in [1.29, 1.82) is 0 Å². The fourth-order valence-corrected chi connectivity index (χ4v) is 4.90. The maximum Gasteiger partial charge on any atom is 0.295 e. The van der Waals surface area contributed by atoms with Crippen molar-refractivity contribution in [2.24, 2.45) is 7.05 Å². The Morgan fingerprint density at radius 2 is 1.85 bits per heavy atom. The van der Waals surface area contributed by atoms with Crippen molar-refractivity contribution in [3.63, 3.8) is 0 Å². The van der Waals surface area contributed by atoms with Crippen molar-refractivity contribution >= 4 is 45.5 Å². The number of aromatic nitrogens is 4. The zero-order chi connectivity index (χ0) is 23.4. The second-order valence-corrected chi connectivity index (χ2v) is 9.41. The summed E-state index contributed by atoms with van der Waals surface area (Å²) >= 11 is 2.75. The fraction of sp³-hybridized carbons (Fsp3) is 0.182. The minimum absolute atomic E-state index is 0.212. The SMILES string of the molecule is Cc1c(NC(=O)CCSc2nnc(Nc3ccc(F)cc3)s2)c(=O)n(-c2ccccc2)n1C. The van der Waals surface area contributed by atoms with Gasteiger partial charge in [0.2, 0.25) is 11.0 Å². The first-order chi connectivity index (χ1) is 15.9. The lowest BCUT2D eigenvalue weighted by atomic mass is 10.3. The van der Waals surface area contributed by atoms with E-state index in [1.807, 2.05) is 30.3 Å². The number of anilines is 3. The average Bonchev–Trinajstić information content (AvgIpc) is 3.33. The van der Waals surface area contributed by atoms with Gasteiger partial charge in [0.05, 0.1) is 11.4 Å². The summed E-state index contributed by atoms with van der Waals surface area (Å²) in [5, 5.41) is 14.6. The second-order valence-electron chi connectivity index (χ2n) is 7.09. The van der Waals surface area contributed by atoms with Crippen molar-refractivity contribution < 1.29 is 9.18 Å². The van der Waals surface area contributed by atoms with Gasteiger partial charge >= 0.3 is 0 Å². The Labute approximate surface area is 197 Å². The Morgan fingerprint density at radius 3 is 2.58 bits per heavy atom. The van der Waals surface area contributed by atoms with E-state index in [1.54, 1.807) is 30.8 Å². The van der Waals surface area contributed by atoms with Crippen LogP contribution in [0.4, 0.5) is 20.9 Å². The van der Waals surface area contributed by atoms with E-state index in [0.717, 1.165) is 5.69 Å². The number of hydrogen-bond acceptors (Lipinski definition) is 7. The van der Waals surface area contributed by atoms with Crippen LogP contribution in [0.5, 0.6) is 0 Å². The number of thioether (sulfide) groups is 1. The van der Waals surface area contributed by atoms with E-state index >= 15 is 0 Å². The Kier molecular flexibility index (Phi) is 6.90. The summed E-state index contributed by atoms with van der Waals surface area (Å²) in [5.41, 5.74) is 2.11. The third-order valence-electron chi connectivity index (χ3n) is 4.88. The average molecular weight is 485 g/mol. The van der Waals surface area contributed by atoms with Crippen molar-refractivity contribution in [2.75, 3.05) is 16.4 Å². The van der Waals surface area contributed by atoms with Crippen LogP contribution in [0.3, 0.4) is 0 Å². The van der Waals surface area contributed by atoms with Gasteiger partial charge in [0, 0.05) is 24.9 Å². The van der Waals surface area contributed by atoms with Gasteiger partial charge in [-0.1, -0.05) is 41.3 Å². The molecule has 0 radical (unpaired) electrons. The number of carbonyl (C=O) groups excluding carboxylic acids is 1. The Balaban J connectivity index is 1.33. The lowest BCUT2D eigenvalue weighted by Gasteiger charge is -2.07. The molecule has 2 heterocycles. The van der Waals surface area contributed by atoms with Gasteiger partial charge in [-0.3, -0.25) is 14.3 Å². The highest BCUT2D eigenvalue weighted by molar-refractivity contribution is 8.01. The summed E-state index contributed by atoms with van der Waals surface area (Å²) in [6.45, 7) is 1.79. The summed E-state index contributed by atoms with van der Waals surface area (Å²) in [4.78, 5) is 25.4.